The number of hydrogen-bond acceptors (Lipinski definition) is 4. The molecular formula is C17H12ClN5OS. The molecule has 3 aromatic rings. The van der Waals surface area contributed by atoms with Crippen LogP contribution in [-0.2, 0) is 11.3 Å². The molecule has 1 heterocycles. The van der Waals surface area contributed by atoms with Crippen molar-refractivity contribution in [2.45, 2.75) is 6.54 Å². The lowest BCUT2D eigenvalue weighted by Crippen LogP contribution is -2.19. The normalized spacial score (nSPS) is 10.2. The molecule has 124 valence electrons. The van der Waals surface area contributed by atoms with Crippen molar-refractivity contribution in [3.05, 3.63) is 63.9 Å². The zero-order chi connectivity index (χ0) is 17.8. The van der Waals surface area contributed by atoms with Crippen molar-refractivity contribution < 1.29 is 4.79 Å². The molecule has 25 heavy (non-hydrogen) atoms. The number of halogens is 1. The van der Waals surface area contributed by atoms with Crippen molar-refractivity contribution in [1.82, 2.24) is 14.8 Å². The summed E-state index contributed by atoms with van der Waals surface area (Å²) in [5.41, 5.74) is 1.81. The van der Waals surface area contributed by atoms with Gasteiger partial charge >= 0.3 is 0 Å². The Balaban J connectivity index is 1.82. The van der Waals surface area contributed by atoms with E-state index in [1.807, 2.05) is 6.07 Å². The molecule has 0 saturated heterocycles. The summed E-state index contributed by atoms with van der Waals surface area (Å²) < 4.78 is 1.94. The number of aromatic nitrogens is 3. The fraction of sp³-hybridized carbons (Fsp3) is 0.0588. The lowest BCUT2D eigenvalue weighted by atomic mass is 10.2. The van der Waals surface area contributed by atoms with E-state index >= 15 is 0 Å². The first kappa shape index (κ1) is 16.9. The zero-order valence-electron chi connectivity index (χ0n) is 12.9. The highest BCUT2D eigenvalue weighted by Crippen LogP contribution is 2.20. The van der Waals surface area contributed by atoms with E-state index in [-0.39, 0.29) is 12.5 Å². The summed E-state index contributed by atoms with van der Waals surface area (Å²) in [5, 5.41) is 19.2. The van der Waals surface area contributed by atoms with E-state index in [0.717, 1.165) is 5.56 Å². The van der Waals surface area contributed by atoms with Crippen LogP contribution in [0.15, 0.2) is 48.5 Å². The molecule has 0 fully saturated rings. The van der Waals surface area contributed by atoms with Crippen LogP contribution in [0, 0.1) is 16.1 Å². The van der Waals surface area contributed by atoms with E-state index in [1.54, 1.807) is 53.1 Å². The zero-order valence-corrected chi connectivity index (χ0v) is 14.4. The minimum atomic E-state index is -0.275. The number of rotatable bonds is 4. The molecule has 3 rings (SSSR count). The number of aromatic amines is 1. The number of anilines is 1. The number of hydrogen-bond donors (Lipinski definition) is 2. The molecule has 0 atom stereocenters. The number of amides is 1. The Kier molecular flexibility index (Phi) is 4.93. The van der Waals surface area contributed by atoms with Crippen LogP contribution in [0.3, 0.4) is 0 Å². The summed E-state index contributed by atoms with van der Waals surface area (Å²) in [5.74, 6) is 0.269. The standard InChI is InChI=1S/C17H12ClN5OS/c18-13-6-4-12(5-7-13)16-21-22-17(25)23(16)10-15(24)20-14-3-1-2-11(8-14)9-19/h1-8H,10H2,(H,20,24)(H,22,25). The minimum absolute atomic E-state index is 0.00985. The van der Waals surface area contributed by atoms with E-state index in [9.17, 15) is 4.79 Å². The lowest BCUT2D eigenvalue weighted by molar-refractivity contribution is -0.116. The molecule has 1 aromatic heterocycles. The van der Waals surface area contributed by atoms with Gasteiger partial charge in [0.1, 0.15) is 6.54 Å². The van der Waals surface area contributed by atoms with Gasteiger partial charge in [-0.05, 0) is 54.7 Å². The third kappa shape index (κ3) is 3.94. The molecule has 0 aliphatic heterocycles. The Morgan fingerprint density at radius 3 is 2.80 bits per heavy atom. The largest absolute Gasteiger partial charge is 0.324 e. The van der Waals surface area contributed by atoms with Crippen molar-refractivity contribution in [2.24, 2.45) is 0 Å². The molecule has 2 N–H and O–H groups in total. The molecule has 0 saturated carbocycles. The van der Waals surface area contributed by atoms with Crippen LogP contribution in [0.2, 0.25) is 5.02 Å². The Morgan fingerprint density at radius 2 is 2.08 bits per heavy atom. The highest BCUT2D eigenvalue weighted by atomic mass is 35.5. The second-order valence-electron chi connectivity index (χ2n) is 5.19. The van der Waals surface area contributed by atoms with E-state index in [4.69, 9.17) is 29.1 Å². The number of H-pyrrole nitrogens is 1. The van der Waals surface area contributed by atoms with Gasteiger partial charge in [-0.15, -0.1) is 0 Å². The van der Waals surface area contributed by atoms with E-state index in [0.29, 0.717) is 26.9 Å². The Morgan fingerprint density at radius 1 is 1.32 bits per heavy atom. The third-order valence-corrected chi connectivity index (χ3v) is 4.00. The second-order valence-corrected chi connectivity index (χ2v) is 6.01. The van der Waals surface area contributed by atoms with Gasteiger partial charge in [0, 0.05) is 16.3 Å². The fourth-order valence-electron chi connectivity index (χ4n) is 2.29. The minimum Gasteiger partial charge on any atom is -0.324 e. The predicted molar refractivity (Wildman–Crippen MR) is 97.6 cm³/mol. The molecule has 6 nitrogen and oxygen atoms in total. The predicted octanol–water partition coefficient (Wildman–Crippen LogP) is 3.77. The third-order valence-electron chi connectivity index (χ3n) is 3.44. The average Bonchev–Trinajstić information content (AvgIpc) is 2.96. The fourth-order valence-corrected chi connectivity index (χ4v) is 2.62. The van der Waals surface area contributed by atoms with Crippen LogP contribution < -0.4 is 5.32 Å². The molecule has 0 radical (unpaired) electrons. The number of nitriles is 1. The molecular weight excluding hydrogens is 358 g/mol. The molecule has 0 unspecified atom stereocenters. The summed E-state index contributed by atoms with van der Waals surface area (Å²) >= 11 is 11.1. The van der Waals surface area contributed by atoms with Crippen molar-refractivity contribution in [2.75, 3.05) is 5.32 Å². The van der Waals surface area contributed by atoms with Gasteiger partial charge in [-0.25, -0.2) is 0 Å². The van der Waals surface area contributed by atoms with Gasteiger partial charge < -0.3 is 5.32 Å². The van der Waals surface area contributed by atoms with Crippen molar-refractivity contribution in [3.63, 3.8) is 0 Å². The van der Waals surface area contributed by atoms with Gasteiger partial charge in [-0.2, -0.15) is 10.4 Å². The second kappa shape index (κ2) is 7.30. The van der Waals surface area contributed by atoms with Crippen LogP contribution in [0.25, 0.3) is 11.4 Å². The maximum atomic E-state index is 12.3. The number of benzene rings is 2. The average molecular weight is 370 g/mol. The highest BCUT2D eigenvalue weighted by molar-refractivity contribution is 7.71. The van der Waals surface area contributed by atoms with E-state index < -0.39 is 0 Å². The molecule has 8 heteroatoms. The molecule has 0 aliphatic carbocycles. The highest BCUT2D eigenvalue weighted by Gasteiger charge is 2.12. The molecule has 0 spiro atoms. The maximum absolute atomic E-state index is 12.3. The summed E-state index contributed by atoms with van der Waals surface area (Å²) in [4.78, 5) is 12.3. The summed E-state index contributed by atoms with van der Waals surface area (Å²) in [6.45, 7) is -0.00985. The van der Waals surface area contributed by atoms with Crippen LogP contribution in [0.1, 0.15) is 5.56 Å². The number of nitrogens with one attached hydrogen (secondary N) is 2. The number of carbonyl (C=O) groups excluding carboxylic acids is 1. The number of nitrogens with zero attached hydrogens (tertiary/aromatic N) is 3. The van der Waals surface area contributed by atoms with Gasteiger partial charge in [0.25, 0.3) is 0 Å². The topological polar surface area (TPSA) is 86.5 Å². The van der Waals surface area contributed by atoms with Crippen LogP contribution in [-0.4, -0.2) is 20.7 Å². The summed E-state index contributed by atoms with van der Waals surface area (Å²) in [6, 6.07) is 15.8. The van der Waals surface area contributed by atoms with Crippen molar-refractivity contribution >= 4 is 35.4 Å². The Labute approximate surface area is 153 Å². The van der Waals surface area contributed by atoms with E-state index in [1.165, 1.54) is 0 Å². The quantitative estimate of drug-likeness (QED) is 0.685. The van der Waals surface area contributed by atoms with Gasteiger partial charge in [0.15, 0.2) is 10.6 Å². The van der Waals surface area contributed by atoms with Crippen LogP contribution in [0.4, 0.5) is 5.69 Å². The maximum Gasteiger partial charge on any atom is 0.244 e. The first-order valence-corrected chi connectivity index (χ1v) is 8.06. The Bertz CT molecular complexity index is 1020. The van der Waals surface area contributed by atoms with Gasteiger partial charge in [0.2, 0.25) is 5.91 Å². The van der Waals surface area contributed by atoms with E-state index in [2.05, 4.69) is 15.5 Å². The molecule has 2 aromatic carbocycles. The first-order valence-electron chi connectivity index (χ1n) is 7.28. The van der Waals surface area contributed by atoms with Crippen molar-refractivity contribution in [1.29, 1.82) is 5.26 Å². The SMILES string of the molecule is N#Cc1cccc(NC(=O)Cn2c(-c3ccc(Cl)cc3)n[nH]c2=S)c1. The smallest absolute Gasteiger partial charge is 0.244 e. The summed E-state index contributed by atoms with van der Waals surface area (Å²) in [6.07, 6.45) is 0. The monoisotopic (exact) mass is 369 g/mol. The van der Waals surface area contributed by atoms with Crippen LogP contribution in [0.5, 0.6) is 0 Å². The summed E-state index contributed by atoms with van der Waals surface area (Å²) in [7, 11) is 0. The Hall–Kier alpha value is -2.95. The molecule has 0 aliphatic rings. The van der Waals surface area contributed by atoms with Crippen LogP contribution >= 0.6 is 23.8 Å². The van der Waals surface area contributed by atoms with Gasteiger partial charge in [-0.1, -0.05) is 17.7 Å². The number of carbonyl (C=O) groups is 1. The lowest BCUT2D eigenvalue weighted by Gasteiger charge is -2.08. The van der Waals surface area contributed by atoms with Gasteiger partial charge in [-0.3, -0.25) is 14.5 Å². The van der Waals surface area contributed by atoms with Gasteiger partial charge in [0.05, 0.1) is 11.6 Å². The van der Waals surface area contributed by atoms with Crippen molar-refractivity contribution in [3.8, 4) is 17.5 Å². The first-order chi connectivity index (χ1) is 12.1. The molecule has 0 bridgehead atoms. The molecule has 1 amide bonds.